The number of methoxy groups -OCH3 is 2. The lowest BCUT2D eigenvalue weighted by molar-refractivity contribution is 0.0776. The number of hydrogen-bond donors (Lipinski definition) is 2. The number of nitrogens with one attached hydrogen (secondary N) is 2. The van der Waals surface area contributed by atoms with Crippen molar-refractivity contribution in [3.63, 3.8) is 0 Å². The molecule has 2 aromatic carbocycles. The second-order valence-electron chi connectivity index (χ2n) is 6.67. The van der Waals surface area contributed by atoms with Gasteiger partial charge in [0.25, 0.3) is 11.5 Å². The highest BCUT2D eigenvalue weighted by molar-refractivity contribution is 5.99. The number of benzene rings is 2. The number of aromatic amines is 2. The van der Waals surface area contributed by atoms with Gasteiger partial charge in [-0.3, -0.25) is 9.59 Å². The van der Waals surface area contributed by atoms with E-state index < -0.39 is 0 Å². The molecule has 0 unspecified atom stereocenters. The van der Waals surface area contributed by atoms with Crippen LogP contribution in [0.4, 0.5) is 0 Å². The van der Waals surface area contributed by atoms with Crippen molar-refractivity contribution >= 4 is 27.7 Å². The van der Waals surface area contributed by atoms with Gasteiger partial charge in [-0.15, -0.1) is 0 Å². The molecule has 2 N–H and O–H groups in total. The summed E-state index contributed by atoms with van der Waals surface area (Å²) in [4.78, 5) is 36.9. The Morgan fingerprint density at radius 1 is 1.10 bits per heavy atom. The standard InChI is InChI=1S/C21H20N4O4/c1-25(11-18-22-15-7-5-4-6-14(15)20(26)24-18)21(27)16-9-12-8-13(28-2)10-17(29-3)19(12)23-16/h4-10,23H,11H2,1-3H3,(H,22,24,26). The summed E-state index contributed by atoms with van der Waals surface area (Å²) in [7, 11) is 4.79. The molecule has 0 aliphatic carbocycles. The second kappa shape index (κ2) is 7.31. The molecule has 0 aliphatic heterocycles. The fourth-order valence-electron chi connectivity index (χ4n) is 3.29. The molecular weight excluding hydrogens is 372 g/mol. The lowest BCUT2D eigenvalue weighted by Gasteiger charge is -2.15. The Morgan fingerprint density at radius 3 is 2.66 bits per heavy atom. The van der Waals surface area contributed by atoms with Crippen molar-refractivity contribution in [2.24, 2.45) is 0 Å². The van der Waals surface area contributed by atoms with Crippen molar-refractivity contribution in [3.05, 3.63) is 64.3 Å². The Kier molecular flexibility index (Phi) is 4.67. The molecule has 2 aromatic heterocycles. The van der Waals surface area contributed by atoms with Crippen LogP contribution in [0.3, 0.4) is 0 Å². The number of amides is 1. The summed E-state index contributed by atoms with van der Waals surface area (Å²) in [5, 5.41) is 1.32. The Hall–Kier alpha value is -3.81. The molecule has 0 fully saturated rings. The molecule has 0 spiro atoms. The Labute approximate surface area is 166 Å². The molecule has 2 heterocycles. The van der Waals surface area contributed by atoms with E-state index in [0.29, 0.717) is 39.4 Å². The van der Waals surface area contributed by atoms with Gasteiger partial charge in [0, 0.05) is 18.5 Å². The number of fused-ring (bicyclic) bond motifs is 2. The van der Waals surface area contributed by atoms with Gasteiger partial charge in [0.05, 0.1) is 37.2 Å². The van der Waals surface area contributed by atoms with Crippen LogP contribution in [0.1, 0.15) is 16.3 Å². The van der Waals surface area contributed by atoms with E-state index in [1.165, 1.54) is 4.90 Å². The summed E-state index contributed by atoms with van der Waals surface area (Å²) in [5.41, 5.74) is 1.47. The van der Waals surface area contributed by atoms with E-state index in [2.05, 4.69) is 15.0 Å². The average molecular weight is 392 g/mol. The molecule has 4 aromatic rings. The maximum atomic E-state index is 12.9. The zero-order valence-corrected chi connectivity index (χ0v) is 16.3. The highest BCUT2D eigenvalue weighted by atomic mass is 16.5. The van der Waals surface area contributed by atoms with Gasteiger partial charge < -0.3 is 24.3 Å². The molecule has 148 valence electrons. The summed E-state index contributed by atoms with van der Waals surface area (Å²) >= 11 is 0. The third-order valence-electron chi connectivity index (χ3n) is 4.75. The zero-order valence-electron chi connectivity index (χ0n) is 16.3. The van der Waals surface area contributed by atoms with E-state index in [9.17, 15) is 9.59 Å². The van der Waals surface area contributed by atoms with Crippen molar-refractivity contribution in [2.45, 2.75) is 6.54 Å². The molecule has 8 nitrogen and oxygen atoms in total. The van der Waals surface area contributed by atoms with Gasteiger partial charge in [-0.2, -0.15) is 0 Å². The Morgan fingerprint density at radius 2 is 1.90 bits per heavy atom. The van der Waals surface area contributed by atoms with E-state index in [0.717, 1.165) is 5.39 Å². The molecule has 8 heteroatoms. The number of ether oxygens (including phenoxy) is 2. The van der Waals surface area contributed by atoms with Crippen molar-refractivity contribution < 1.29 is 14.3 Å². The van der Waals surface area contributed by atoms with Crippen molar-refractivity contribution in [1.29, 1.82) is 0 Å². The molecule has 1 amide bonds. The number of hydrogen-bond acceptors (Lipinski definition) is 5. The molecule has 0 atom stereocenters. The summed E-state index contributed by atoms with van der Waals surface area (Å²) < 4.78 is 10.7. The van der Waals surface area contributed by atoms with Crippen LogP contribution >= 0.6 is 0 Å². The van der Waals surface area contributed by atoms with Crippen LogP contribution in [0.25, 0.3) is 21.8 Å². The normalized spacial score (nSPS) is 11.0. The maximum absolute atomic E-state index is 12.9. The summed E-state index contributed by atoms with van der Waals surface area (Å²) in [6, 6.07) is 12.4. The minimum atomic E-state index is -0.238. The lowest BCUT2D eigenvalue weighted by Crippen LogP contribution is -2.28. The van der Waals surface area contributed by atoms with Crippen LogP contribution in [0, 0.1) is 0 Å². The first kappa shape index (κ1) is 18.5. The van der Waals surface area contributed by atoms with Gasteiger partial charge in [0.15, 0.2) is 0 Å². The van der Waals surface area contributed by atoms with Gasteiger partial charge in [-0.1, -0.05) is 12.1 Å². The molecule has 0 aliphatic rings. The quantitative estimate of drug-likeness (QED) is 0.544. The first-order valence-electron chi connectivity index (χ1n) is 8.98. The summed E-state index contributed by atoms with van der Waals surface area (Å²) in [6.07, 6.45) is 0. The number of carbonyl (C=O) groups is 1. The Balaban J connectivity index is 1.63. The number of rotatable bonds is 5. The minimum Gasteiger partial charge on any atom is -0.497 e. The van der Waals surface area contributed by atoms with Crippen molar-refractivity contribution in [3.8, 4) is 11.5 Å². The van der Waals surface area contributed by atoms with Gasteiger partial charge in [0.2, 0.25) is 0 Å². The SMILES string of the molecule is COc1cc(OC)c2[nH]c(C(=O)N(C)Cc3nc4ccccc4c(=O)[nH]3)cc2c1. The largest absolute Gasteiger partial charge is 0.497 e. The molecule has 29 heavy (non-hydrogen) atoms. The highest BCUT2D eigenvalue weighted by Crippen LogP contribution is 2.31. The van der Waals surface area contributed by atoms with Crippen LogP contribution < -0.4 is 15.0 Å². The van der Waals surface area contributed by atoms with Crippen LogP contribution in [0.15, 0.2) is 47.3 Å². The smallest absolute Gasteiger partial charge is 0.270 e. The van der Waals surface area contributed by atoms with Gasteiger partial charge in [-0.25, -0.2) is 4.98 Å². The van der Waals surface area contributed by atoms with Gasteiger partial charge in [0.1, 0.15) is 23.0 Å². The highest BCUT2D eigenvalue weighted by Gasteiger charge is 2.18. The number of carbonyl (C=O) groups excluding carboxylic acids is 1. The topological polar surface area (TPSA) is 100 Å². The third kappa shape index (κ3) is 3.40. The van der Waals surface area contributed by atoms with E-state index in [4.69, 9.17) is 9.47 Å². The van der Waals surface area contributed by atoms with Crippen LogP contribution in [0.5, 0.6) is 11.5 Å². The number of para-hydroxylation sites is 1. The first-order valence-corrected chi connectivity index (χ1v) is 8.98. The average Bonchev–Trinajstić information content (AvgIpc) is 3.16. The predicted octanol–water partition coefficient (Wildman–Crippen LogP) is 2.69. The van der Waals surface area contributed by atoms with Crippen LogP contribution in [0.2, 0.25) is 0 Å². The van der Waals surface area contributed by atoms with E-state index in [-0.39, 0.29) is 18.0 Å². The summed E-state index contributed by atoms with van der Waals surface area (Å²) in [6.45, 7) is 0.161. The molecule has 0 bridgehead atoms. The molecule has 0 radical (unpaired) electrons. The van der Waals surface area contributed by atoms with Gasteiger partial charge in [-0.05, 0) is 24.3 Å². The van der Waals surface area contributed by atoms with Crippen LogP contribution in [-0.2, 0) is 6.54 Å². The monoisotopic (exact) mass is 392 g/mol. The Bertz CT molecular complexity index is 1270. The molecule has 0 saturated heterocycles. The first-order chi connectivity index (χ1) is 14.0. The lowest BCUT2D eigenvalue weighted by atomic mass is 10.2. The van der Waals surface area contributed by atoms with E-state index >= 15 is 0 Å². The van der Waals surface area contributed by atoms with E-state index in [1.54, 1.807) is 51.6 Å². The zero-order chi connectivity index (χ0) is 20.5. The fourth-order valence-corrected chi connectivity index (χ4v) is 3.29. The number of aromatic nitrogens is 3. The predicted molar refractivity (Wildman–Crippen MR) is 110 cm³/mol. The maximum Gasteiger partial charge on any atom is 0.270 e. The molecule has 0 saturated carbocycles. The number of nitrogens with zero attached hydrogens (tertiary/aromatic N) is 2. The third-order valence-corrected chi connectivity index (χ3v) is 4.75. The van der Waals surface area contributed by atoms with E-state index in [1.807, 2.05) is 12.1 Å². The van der Waals surface area contributed by atoms with Crippen LogP contribution in [-0.4, -0.2) is 47.0 Å². The number of H-pyrrole nitrogens is 2. The molecule has 4 rings (SSSR count). The summed E-state index contributed by atoms with van der Waals surface area (Å²) in [5.74, 6) is 1.40. The van der Waals surface area contributed by atoms with Gasteiger partial charge >= 0.3 is 0 Å². The fraction of sp³-hybridized carbons (Fsp3) is 0.190. The van der Waals surface area contributed by atoms with Crippen molar-refractivity contribution in [2.75, 3.05) is 21.3 Å². The second-order valence-corrected chi connectivity index (χ2v) is 6.67. The minimum absolute atomic E-state index is 0.161. The molecular formula is C21H20N4O4. The van der Waals surface area contributed by atoms with Crippen molar-refractivity contribution in [1.82, 2.24) is 19.9 Å².